The molecule has 10 heteroatoms. The standard InChI is InChI=1S/C23H21BrN2O6S/c1-4-31-18(28)13-32-20-19(24)21(33-22(20)23(29)30-3)15-6-5-7-17(12-15)26(14(2)27)16-8-10-25-11-9-16/h5-12H,4,13H2,1-3H3. The number of benzene rings is 1. The zero-order valence-corrected chi connectivity index (χ0v) is 20.6. The second-order valence-electron chi connectivity index (χ2n) is 6.60. The Hall–Kier alpha value is -3.24. The predicted octanol–water partition coefficient (Wildman–Crippen LogP) is 4.99. The first-order chi connectivity index (χ1) is 15.9. The molecule has 8 nitrogen and oxygen atoms in total. The van der Waals surface area contributed by atoms with Gasteiger partial charge in [0, 0.05) is 25.0 Å². The quantitative estimate of drug-likeness (QED) is 0.377. The summed E-state index contributed by atoms with van der Waals surface area (Å²) in [5, 5.41) is 0. The summed E-state index contributed by atoms with van der Waals surface area (Å²) in [6, 6.07) is 10.8. The van der Waals surface area contributed by atoms with Crippen molar-refractivity contribution in [1.82, 2.24) is 4.98 Å². The van der Waals surface area contributed by atoms with Gasteiger partial charge in [-0.25, -0.2) is 9.59 Å². The molecule has 0 saturated heterocycles. The van der Waals surface area contributed by atoms with E-state index in [-0.39, 0.29) is 29.7 Å². The van der Waals surface area contributed by atoms with Crippen molar-refractivity contribution in [3.63, 3.8) is 0 Å². The number of aromatic nitrogens is 1. The topological polar surface area (TPSA) is 95.0 Å². The van der Waals surface area contributed by atoms with Crippen LogP contribution in [0, 0.1) is 0 Å². The highest BCUT2D eigenvalue weighted by atomic mass is 79.9. The zero-order valence-electron chi connectivity index (χ0n) is 18.2. The summed E-state index contributed by atoms with van der Waals surface area (Å²) in [6.45, 7) is 3.04. The first-order valence-corrected chi connectivity index (χ1v) is 11.5. The number of hydrogen-bond acceptors (Lipinski definition) is 8. The van der Waals surface area contributed by atoms with Crippen molar-refractivity contribution in [2.45, 2.75) is 13.8 Å². The molecular formula is C23H21BrN2O6S. The van der Waals surface area contributed by atoms with Gasteiger partial charge in [0.05, 0.1) is 28.8 Å². The summed E-state index contributed by atoms with van der Waals surface area (Å²) >= 11 is 4.65. The molecule has 0 saturated carbocycles. The van der Waals surface area contributed by atoms with Crippen LogP contribution in [0.3, 0.4) is 0 Å². The molecule has 0 aliphatic rings. The summed E-state index contributed by atoms with van der Waals surface area (Å²) in [5.41, 5.74) is 2.05. The number of carbonyl (C=O) groups excluding carboxylic acids is 3. The summed E-state index contributed by atoms with van der Waals surface area (Å²) in [5.74, 6) is -1.12. The van der Waals surface area contributed by atoms with E-state index in [1.165, 1.54) is 14.0 Å². The molecule has 2 heterocycles. The fourth-order valence-electron chi connectivity index (χ4n) is 3.06. The van der Waals surface area contributed by atoms with Crippen LogP contribution in [0.25, 0.3) is 10.4 Å². The molecule has 33 heavy (non-hydrogen) atoms. The summed E-state index contributed by atoms with van der Waals surface area (Å²) in [7, 11) is 1.27. The Labute approximate surface area is 203 Å². The number of pyridine rings is 1. The van der Waals surface area contributed by atoms with Crippen molar-refractivity contribution >= 4 is 56.5 Å². The highest BCUT2D eigenvalue weighted by Crippen LogP contribution is 2.46. The van der Waals surface area contributed by atoms with E-state index in [9.17, 15) is 14.4 Å². The number of nitrogens with zero attached hydrogens (tertiary/aromatic N) is 2. The number of anilines is 2. The van der Waals surface area contributed by atoms with Gasteiger partial charge >= 0.3 is 11.9 Å². The molecular weight excluding hydrogens is 512 g/mol. The van der Waals surface area contributed by atoms with E-state index in [1.54, 1.807) is 36.4 Å². The molecule has 0 unspecified atom stereocenters. The average Bonchev–Trinajstić information content (AvgIpc) is 3.14. The van der Waals surface area contributed by atoms with Crippen LogP contribution in [0.1, 0.15) is 23.5 Å². The Kier molecular flexibility index (Phi) is 8.18. The second-order valence-corrected chi connectivity index (χ2v) is 8.41. The lowest BCUT2D eigenvalue weighted by molar-refractivity contribution is -0.145. The zero-order chi connectivity index (χ0) is 24.0. The van der Waals surface area contributed by atoms with Crippen molar-refractivity contribution in [3.05, 3.63) is 58.1 Å². The maximum absolute atomic E-state index is 12.4. The lowest BCUT2D eigenvalue weighted by Crippen LogP contribution is -2.22. The Balaban J connectivity index is 2.03. The Morgan fingerprint density at radius 2 is 1.85 bits per heavy atom. The molecule has 0 bridgehead atoms. The van der Waals surface area contributed by atoms with Gasteiger partial charge in [-0.2, -0.15) is 0 Å². The van der Waals surface area contributed by atoms with E-state index in [0.29, 0.717) is 20.7 Å². The van der Waals surface area contributed by atoms with Crippen molar-refractivity contribution < 1.29 is 28.6 Å². The number of carbonyl (C=O) groups is 3. The SMILES string of the molecule is CCOC(=O)COc1c(C(=O)OC)sc(-c2cccc(N(C(C)=O)c3ccncc3)c2)c1Br. The predicted molar refractivity (Wildman–Crippen MR) is 128 cm³/mol. The van der Waals surface area contributed by atoms with Crippen LogP contribution >= 0.6 is 27.3 Å². The van der Waals surface area contributed by atoms with Gasteiger partial charge in [-0.15, -0.1) is 11.3 Å². The third-order valence-corrected chi connectivity index (χ3v) is 6.64. The van der Waals surface area contributed by atoms with E-state index in [0.717, 1.165) is 16.9 Å². The third kappa shape index (κ3) is 5.58. The average molecular weight is 533 g/mol. The van der Waals surface area contributed by atoms with E-state index in [1.807, 2.05) is 24.3 Å². The Morgan fingerprint density at radius 3 is 2.48 bits per heavy atom. The molecule has 3 rings (SSSR count). The Bertz CT molecular complexity index is 1170. The van der Waals surface area contributed by atoms with Crippen molar-refractivity contribution in [2.24, 2.45) is 0 Å². The molecule has 0 aliphatic carbocycles. The summed E-state index contributed by atoms with van der Waals surface area (Å²) in [6.07, 6.45) is 3.22. The minimum atomic E-state index is -0.593. The van der Waals surface area contributed by atoms with E-state index >= 15 is 0 Å². The minimum absolute atomic E-state index is 0.169. The number of halogens is 1. The first-order valence-electron chi connectivity index (χ1n) is 9.87. The molecule has 0 N–H and O–H groups in total. The van der Waals surface area contributed by atoms with E-state index in [2.05, 4.69) is 20.9 Å². The van der Waals surface area contributed by atoms with E-state index in [4.69, 9.17) is 14.2 Å². The van der Waals surface area contributed by atoms with Crippen LogP contribution in [0.5, 0.6) is 5.75 Å². The lowest BCUT2D eigenvalue weighted by atomic mass is 10.1. The monoisotopic (exact) mass is 532 g/mol. The fraction of sp³-hybridized carbons (Fsp3) is 0.217. The molecule has 1 aromatic carbocycles. The molecule has 1 amide bonds. The molecule has 0 fully saturated rings. The number of rotatable bonds is 8. The fourth-order valence-corrected chi connectivity index (χ4v) is 5.03. The van der Waals surface area contributed by atoms with Gasteiger partial charge in [0.25, 0.3) is 0 Å². The maximum atomic E-state index is 12.4. The number of ether oxygens (including phenoxy) is 3. The highest BCUT2D eigenvalue weighted by Gasteiger charge is 2.26. The van der Waals surface area contributed by atoms with Crippen molar-refractivity contribution in [1.29, 1.82) is 0 Å². The van der Waals surface area contributed by atoms with Gasteiger partial charge in [0.15, 0.2) is 17.2 Å². The molecule has 2 aromatic heterocycles. The van der Waals surface area contributed by atoms with Gasteiger partial charge in [-0.1, -0.05) is 12.1 Å². The van der Waals surface area contributed by atoms with Crippen LogP contribution in [0.2, 0.25) is 0 Å². The first kappa shape index (κ1) is 24.4. The van der Waals surface area contributed by atoms with Gasteiger partial charge in [0.2, 0.25) is 5.91 Å². The van der Waals surface area contributed by atoms with Crippen LogP contribution in [0.4, 0.5) is 11.4 Å². The second kappa shape index (κ2) is 11.1. The molecule has 172 valence electrons. The number of methoxy groups -OCH3 is 1. The van der Waals surface area contributed by atoms with Crippen LogP contribution in [-0.2, 0) is 19.1 Å². The molecule has 0 aliphatic heterocycles. The van der Waals surface area contributed by atoms with Crippen molar-refractivity contribution in [2.75, 3.05) is 25.2 Å². The third-order valence-electron chi connectivity index (χ3n) is 4.42. The number of amides is 1. The molecule has 3 aromatic rings. The Morgan fingerprint density at radius 1 is 1.12 bits per heavy atom. The van der Waals surface area contributed by atoms with E-state index < -0.39 is 11.9 Å². The normalized spacial score (nSPS) is 10.4. The number of esters is 2. The van der Waals surface area contributed by atoms with Gasteiger partial charge < -0.3 is 14.2 Å². The number of thiophene rings is 1. The largest absolute Gasteiger partial charge is 0.479 e. The summed E-state index contributed by atoms with van der Waals surface area (Å²) in [4.78, 5) is 43.0. The van der Waals surface area contributed by atoms with Crippen LogP contribution in [-0.4, -0.2) is 43.2 Å². The molecule has 0 radical (unpaired) electrons. The summed E-state index contributed by atoms with van der Waals surface area (Å²) < 4.78 is 15.9. The van der Waals surface area contributed by atoms with Gasteiger partial charge in [-0.3, -0.25) is 14.7 Å². The van der Waals surface area contributed by atoms with Crippen LogP contribution < -0.4 is 9.64 Å². The van der Waals surface area contributed by atoms with Crippen LogP contribution in [0.15, 0.2) is 53.3 Å². The minimum Gasteiger partial charge on any atom is -0.479 e. The highest BCUT2D eigenvalue weighted by molar-refractivity contribution is 9.10. The van der Waals surface area contributed by atoms with Gasteiger partial charge in [-0.05, 0) is 52.7 Å². The lowest BCUT2D eigenvalue weighted by Gasteiger charge is -2.21. The maximum Gasteiger partial charge on any atom is 0.351 e. The smallest absolute Gasteiger partial charge is 0.351 e. The van der Waals surface area contributed by atoms with Crippen molar-refractivity contribution in [3.8, 4) is 16.2 Å². The number of hydrogen-bond donors (Lipinski definition) is 0. The molecule has 0 spiro atoms. The molecule has 0 atom stereocenters. The van der Waals surface area contributed by atoms with Gasteiger partial charge in [0.1, 0.15) is 0 Å².